The molecule has 0 aliphatic heterocycles. The third-order valence-electron chi connectivity index (χ3n) is 4.31. The van der Waals surface area contributed by atoms with Crippen LogP contribution in [0.15, 0.2) is 61.1 Å². The van der Waals surface area contributed by atoms with Crippen molar-refractivity contribution in [2.45, 2.75) is 6.92 Å². The Balaban J connectivity index is 1.65. The van der Waals surface area contributed by atoms with Crippen molar-refractivity contribution < 1.29 is 4.79 Å². The van der Waals surface area contributed by atoms with Crippen molar-refractivity contribution in [3.63, 3.8) is 0 Å². The molecule has 0 saturated heterocycles. The van der Waals surface area contributed by atoms with E-state index in [0.29, 0.717) is 5.82 Å². The SMILES string of the molecule is CC(=O)Nc1cc(-c2nc(-c3cc4ccccc4s3)c(-c3ncc[nH]3)s2)ccn1. The first-order chi connectivity index (χ1) is 14.2. The van der Waals surface area contributed by atoms with Crippen molar-refractivity contribution in [3.8, 4) is 31.8 Å². The highest BCUT2D eigenvalue weighted by molar-refractivity contribution is 7.23. The third kappa shape index (κ3) is 3.43. The monoisotopic (exact) mass is 417 g/mol. The number of rotatable bonds is 4. The van der Waals surface area contributed by atoms with E-state index in [4.69, 9.17) is 4.98 Å². The van der Waals surface area contributed by atoms with Crippen molar-refractivity contribution >= 4 is 44.5 Å². The number of anilines is 1. The van der Waals surface area contributed by atoms with E-state index in [0.717, 1.165) is 31.8 Å². The van der Waals surface area contributed by atoms with Crippen LogP contribution in [0.4, 0.5) is 5.82 Å². The largest absolute Gasteiger partial charge is 0.344 e. The van der Waals surface area contributed by atoms with Crippen molar-refractivity contribution in [3.05, 3.63) is 61.1 Å². The molecule has 0 atom stereocenters. The van der Waals surface area contributed by atoms with E-state index in [1.165, 1.54) is 17.0 Å². The number of hydrogen-bond donors (Lipinski definition) is 2. The number of pyridine rings is 1. The number of H-pyrrole nitrogens is 1. The quantitative estimate of drug-likeness (QED) is 0.408. The zero-order valence-electron chi connectivity index (χ0n) is 15.3. The molecule has 142 valence electrons. The summed E-state index contributed by atoms with van der Waals surface area (Å²) in [5.74, 6) is 1.14. The number of benzene rings is 1. The summed E-state index contributed by atoms with van der Waals surface area (Å²) < 4.78 is 1.22. The summed E-state index contributed by atoms with van der Waals surface area (Å²) in [7, 11) is 0. The zero-order valence-corrected chi connectivity index (χ0v) is 17.0. The van der Waals surface area contributed by atoms with Gasteiger partial charge >= 0.3 is 0 Å². The number of carbonyl (C=O) groups excluding carboxylic acids is 1. The van der Waals surface area contributed by atoms with Crippen LogP contribution in [0.1, 0.15) is 6.92 Å². The molecule has 29 heavy (non-hydrogen) atoms. The number of carbonyl (C=O) groups is 1. The highest BCUT2D eigenvalue weighted by atomic mass is 32.1. The first-order valence-corrected chi connectivity index (χ1v) is 10.5. The lowest BCUT2D eigenvalue weighted by Crippen LogP contribution is -2.07. The molecule has 0 bridgehead atoms. The van der Waals surface area contributed by atoms with Crippen LogP contribution in [0.25, 0.3) is 41.9 Å². The number of thiazole rings is 1. The second-order valence-electron chi connectivity index (χ2n) is 6.39. The van der Waals surface area contributed by atoms with Crippen LogP contribution in [0.2, 0.25) is 0 Å². The Hall–Kier alpha value is -3.36. The maximum absolute atomic E-state index is 11.4. The first-order valence-electron chi connectivity index (χ1n) is 8.91. The Morgan fingerprint density at radius 1 is 1.07 bits per heavy atom. The van der Waals surface area contributed by atoms with Gasteiger partial charge < -0.3 is 10.3 Å². The summed E-state index contributed by atoms with van der Waals surface area (Å²) in [4.78, 5) is 30.2. The second-order valence-corrected chi connectivity index (χ2v) is 8.48. The molecule has 2 N–H and O–H groups in total. The Bertz CT molecular complexity index is 1290. The topological polar surface area (TPSA) is 83.6 Å². The first kappa shape index (κ1) is 17.7. The van der Waals surface area contributed by atoms with Gasteiger partial charge in [-0.3, -0.25) is 4.79 Å². The molecule has 1 amide bonds. The van der Waals surface area contributed by atoms with E-state index in [1.54, 1.807) is 35.1 Å². The highest BCUT2D eigenvalue weighted by Crippen LogP contribution is 2.43. The van der Waals surface area contributed by atoms with Crippen LogP contribution in [0.5, 0.6) is 0 Å². The minimum absolute atomic E-state index is 0.156. The predicted octanol–water partition coefficient (Wildman–Crippen LogP) is 5.44. The fourth-order valence-corrected chi connectivity index (χ4v) is 5.23. The van der Waals surface area contributed by atoms with Crippen molar-refractivity contribution in [1.29, 1.82) is 0 Å². The van der Waals surface area contributed by atoms with Crippen LogP contribution in [-0.2, 0) is 4.79 Å². The molecule has 0 aliphatic rings. The molecule has 5 rings (SSSR count). The molecule has 0 radical (unpaired) electrons. The summed E-state index contributed by atoms with van der Waals surface area (Å²) in [6.45, 7) is 1.46. The molecule has 1 aromatic carbocycles. The molecule has 4 aromatic heterocycles. The number of nitrogens with zero attached hydrogens (tertiary/aromatic N) is 3. The molecule has 0 fully saturated rings. The lowest BCUT2D eigenvalue weighted by Gasteiger charge is -2.02. The number of amides is 1. The summed E-state index contributed by atoms with van der Waals surface area (Å²) >= 11 is 3.28. The van der Waals surface area contributed by atoms with Gasteiger partial charge in [-0.15, -0.1) is 22.7 Å². The van der Waals surface area contributed by atoms with Crippen LogP contribution in [0, 0.1) is 0 Å². The molecule has 0 aliphatic carbocycles. The van der Waals surface area contributed by atoms with E-state index >= 15 is 0 Å². The number of thiophene rings is 1. The second kappa shape index (κ2) is 7.23. The number of aromatic nitrogens is 4. The van der Waals surface area contributed by atoms with E-state index in [2.05, 4.69) is 38.5 Å². The Morgan fingerprint density at radius 3 is 2.76 bits per heavy atom. The Labute approximate surface area is 174 Å². The number of imidazole rings is 1. The van der Waals surface area contributed by atoms with Crippen molar-refractivity contribution in [2.75, 3.05) is 5.32 Å². The normalized spacial score (nSPS) is 11.1. The maximum atomic E-state index is 11.4. The smallest absolute Gasteiger partial charge is 0.222 e. The van der Waals surface area contributed by atoms with Gasteiger partial charge in [0, 0.05) is 35.8 Å². The minimum atomic E-state index is -0.156. The van der Waals surface area contributed by atoms with Gasteiger partial charge in [-0.05, 0) is 29.7 Å². The van der Waals surface area contributed by atoms with Crippen LogP contribution in [-0.4, -0.2) is 25.8 Å². The fraction of sp³-hybridized carbons (Fsp3) is 0.0476. The average molecular weight is 418 g/mol. The van der Waals surface area contributed by atoms with Gasteiger partial charge in [-0.1, -0.05) is 18.2 Å². The standard InChI is InChI=1S/C21H15N5OS2/c1-12(27)25-17-11-14(6-7-22-17)21-26-18(19(29-21)20-23-8-9-24-20)16-10-13-4-2-3-5-15(13)28-16/h2-11H,1H3,(H,23,24)(H,22,25,27). The highest BCUT2D eigenvalue weighted by Gasteiger charge is 2.19. The molecular weight excluding hydrogens is 402 g/mol. The van der Waals surface area contributed by atoms with Gasteiger partial charge in [0.2, 0.25) is 5.91 Å². The van der Waals surface area contributed by atoms with Crippen LogP contribution in [0.3, 0.4) is 0 Å². The van der Waals surface area contributed by atoms with Gasteiger partial charge in [0.05, 0.1) is 9.75 Å². The number of fused-ring (bicyclic) bond motifs is 1. The van der Waals surface area contributed by atoms with E-state index in [-0.39, 0.29) is 5.91 Å². The lowest BCUT2D eigenvalue weighted by molar-refractivity contribution is -0.114. The lowest BCUT2D eigenvalue weighted by atomic mass is 10.2. The van der Waals surface area contributed by atoms with Crippen LogP contribution >= 0.6 is 22.7 Å². The van der Waals surface area contributed by atoms with Gasteiger partial charge in [0.15, 0.2) is 0 Å². The Kier molecular flexibility index (Phi) is 4.42. The van der Waals surface area contributed by atoms with Gasteiger partial charge in [0.25, 0.3) is 0 Å². The summed E-state index contributed by atoms with van der Waals surface area (Å²) in [6.07, 6.45) is 5.23. The van der Waals surface area contributed by atoms with Crippen molar-refractivity contribution in [2.24, 2.45) is 0 Å². The molecule has 0 spiro atoms. The number of nitrogens with one attached hydrogen (secondary N) is 2. The zero-order chi connectivity index (χ0) is 19.8. The van der Waals surface area contributed by atoms with Crippen molar-refractivity contribution in [1.82, 2.24) is 19.9 Å². The average Bonchev–Trinajstić information content (AvgIpc) is 3.45. The van der Waals surface area contributed by atoms with Gasteiger partial charge in [-0.25, -0.2) is 15.0 Å². The maximum Gasteiger partial charge on any atom is 0.222 e. The predicted molar refractivity (Wildman–Crippen MR) is 118 cm³/mol. The molecule has 0 saturated carbocycles. The molecular formula is C21H15N5OS2. The summed E-state index contributed by atoms with van der Waals surface area (Å²) in [6, 6.07) is 14.2. The van der Waals surface area contributed by atoms with Gasteiger partial charge in [-0.2, -0.15) is 0 Å². The minimum Gasteiger partial charge on any atom is -0.344 e. The third-order valence-corrected chi connectivity index (χ3v) is 6.54. The van der Waals surface area contributed by atoms with E-state index < -0.39 is 0 Å². The molecule has 5 aromatic rings. The summed E-state index contributed by atoms with van der Waals surface area (Å²) in [5.41, 5.74) is 1.80. The van der Waals surface area contributed by atoms with Gasteiger partial charge in [0.1, 0.15) is 22.3 Å². The Morgan fingerprint density at radius 2 is 1.97 bits per heavy atom. The number of aromatic amines is 1. The molecule has 4 heterocycles. The molecule has 8 heteroatoms. The summed E-state index contributed by atoms with van der Waals surface area (Å²) in [5, 5.41) is 4.77. The van der Waals surface area contributed by atoms with Crippen LogP contribution < -0.4 is 5.32 Å². The molecule has 6 nitrogen and oxygen atoms in total. The fourth-order valence-electron chi connectivity index (χ4n) is 3.07. The molecule has 0 unspecified atom stereocenters. The number of hydrogen-bond acceptors (Lipinski definition) is 6. The van der Waals surface area contributed by atoms with E-state index in [9.17, 15) is 4.79 Å². The van der Waals surface area contributed by atoms with E-state index in [1.807, 2.05) is 30.5 Å².